The lowest BCUT2D eigenvalue weighted by Gasteiger charge is -2.27. The Morgan fingerprint density at radius 3 is 2.61 bits per heavy atom. The van der Waals surface area contributed by atoms with Crippen LogP contribution in [0.25, 0.3) is 11.0 Å². The minimum Gasteiger partial charge on any atom is -0.386 e. The minimum absolute atomic E-state index is 0.357. The van der Waals surface area contributed by atoms with E-state index in [-0.39, 0.29) is 6.10 Å². The van der Waals surface area contributed by atoms with Gasteiger partial charge in [-0.15, -0.1) is 0 Å². The van der Waals surface area contributed by atoms with Crippen molar-refractivity contribution >= 4 is 11.0 Å². The first-order valence-electron chi connectivity index (χ1n) is 9.47. The zero-order valence-corrected chi connectivity index (χ0v) is 16.0. The maximum absolute atomic E-state index is 11.0. The molecule has 5 rings (SSSR count). The molecule has 1 aromatic carbocycles. The Labute approximate surface area is 162 Å². The zero-order chi connectivity index (χ0) is 19.5. The molecule has 0 bridgehead atoms. The molecular weight excluding hydrogens is 358 g/mol. The number of fused-ring (bicyclic) bond motifs is 2. The lowest BCUT2D eigenvalue weighted by atomic mass is 9.99. The number of aromatic nitrogens is 3. The van der Waals surface area contributed by atoms with E-state index in [4.69, 9.17) is 14.2 Å². The molecule has 2 aliphatic heterocycles. The first-order chi connectivity index (χ1) is 13.4. The Balaban J connectivity index is 1.55. The molecule has 2 saturated heterocycles. The Bertz CT molecular complexity index is 1000. The molecule has 0 saturated carbocycles. The SMILES string of the molecule is Cc1ncnc2c1ccn2[C@@H]1O[C@@H]([C@@H](O)c2ccccc2)[C@H]2OC(C)(C)OC12. The summed E-state index contributed by atoms with van der Waals surface area (Å²) in [5.74, 6) is -0.750. The van der Waals surface area contributed by atoms with Crippen LogP contribution < -0.4 is 0 Å². The number of ether oxygens (including phenoxy) is 3. The van der Waals surface area contributed by atoms with Crippen LogP contribution in [-0.2, 0) is 14.2 Å². The normalized spacial score (nSPS) is 29.9. The number of benzene rings is 1. The zero-order valence-electron chi connectivity index (χ0n) is 16.0. The highest BCUT2D eigenvalue weighted by Gasteiger charge is 2.57. The third-order valence-corrected chi connectivity index (χ3v) is 5.50. The highest BCUT2D eigenvalue weighted by atomic mass is 16.8. The predicted molar refractivity (Wildman–Crippen MR) is 101 cm³/mol. The molecule has 146 valence electrons. The summed E-state index contributed by atoms with van der Waals surface area (Å²) in [6.07, 6.45) is 0.892. The summed E-state index contributed by atoms with van der Waals surface area (Å²) in [4.78, 5) is 8.70. The molecule has 4 heterocycles. The maximum Gasteiger partial charge on any atom is 0.164 e. The molecule has 0 amide bonds. The van der Waals surface area contributed by atoms with Crippen LogP contribution in [0.5, 0.6) is 0 Å². The number of rotatable bonds is 3. The highest BCUT2D eigenvalue weighted by molar-refractivity contribution is 5.78. The standard InChI is InChI=1S/C21H23N3O4/c1-12-14-9-10-24(19(14)23-11-22-12)20-18-17(27-21(2,3)28-18)16(26-20)15(25)13-7-5-4-6-8-13/h4-11,15-18,20,25H,1-3H3/t15-,16-,17+,18?,20+/m0/s1. The number of nitrogens with zero attached hydrogens (tertiary/aromatic N) is 3. The van der Waals surface area contributed by atoms with Gasteiger partial charge in [-0.3, -0.25) is 0 Å². The Kier molecular flexibility index (Phi) is 4.03. The van der Waals surface area contributed by atoms with Crippen LogP contribution in [0.15, 0.2) is 48.9 Å². The van der Waals surface area contributed by atoms with Crippen LogP contribution in [0.4, 0.5) is 0 Å². The monoisotopic (exact) mass is 381 g/mol. The summed E-state index contributed by atoms with van der Waals surface area (Å²) in [5, 5.41) is 12.0. The van der Waals surface area contributed by atoms with Crippen molar-refractivity contribution in [2.24, 2.45) is 0 Å². The van der Waals surface area contributed by atoms with Crippen molar-refractivity contribution in [3.8, 4) is 0 Å². The average Bonchev–Trinajstić information content (AvgIpc) is 3.33. The smallest absolute Gasteiger partial charge is 0.164 e. The maximum atomic E-state index is 11.0. The van der Waals surface area contributed by atoms with E-state index in [1.54, 1.807) is 6.33 Å². The summed E-state index contributed by atoms with van der Waals surface area (Å²) in [6.45, 7) is 5.72. The topological polar surface area (TPSA) is 78.6 Å². The van der Waals surface area contributed by atoms with Gasteiger partial charge in [0.2, 0.25) is 0 Å². The fourth-order valence-corrected chi connectivity index (χ4v) is 4.23. The number of hydrogen-bond acceptors (Lipinski definition) is 6. The molecule has 2 aromatic heterocycles. The van der Waals surface area contributed by atoms with Crippen molar-refractivity contribution in [2.45, 2.75) is 57.2 Å². The second-order valence-corrected chi connectivity index (χ2v) is 7.83. The van der Waals surface area contributed by atoms with E-state index in [9.17, 15) is 5.11 Å². The van der Waals surface area contributed by atoms with Gasteiger partial charge in [-0.25, -0.2) is 9.97 Å². The fourth-order valence-electron chi connectivity index (χ4n) is 4.23. The average molecular weight is 381 g/mol. The Morgan fingerprint density at radius 2 is 1.82 bits per heavy atom. The summed E-state index contributed by atoms with van der Waals surface area (Å²) in [6, 6.07) is 11.5. The quantitative estimate of drug-likeness (QED) is 0.752. The van der Waals surface area contributed by atoms with Gasteiger partial charge in [0.15, 0.2) is 12.0 Å². The number of aliphatic hydroxyl groups is 1. The van der Waals surface area contributed by atoms with E-state index in [2.05, 4.69) is 9.97 Å². The van der Waals surface area contributed by atoms with Gasteiger partial charge in [-0.05, 0) is 32.4 Å². The summed E-state index contributed by atoms with van der Waals surface area (Å²) in [5.41, 5.74) is 2.47. The molecular formula is C21H23N3O4. The Morgan fingerprint density at radius 1 is 1.07 bits per heavy atom. The van der Waals surface area contributed by atoms with Crippen LogP contribution in [0.1, 0.15) is 37.4 Å². The van der Waals surface area contributed by atoms with E-state index in [0.717, 1.165) is 22.3 Å². The lowest BCUT2D eigenvalue weighted by Crippen LogP contribution is -2.34. The number of aryl methyl sites for hydroxylation is 1. The lowest BCUT2D eigenvalue weighted by molar-refractivity contribution is -0.207. The van der Waals surface area contributed by atoms with Gasteiger partial charge in [-0.1, -0.05) is 30.3 Å². The second-order valence-electron chi connectivity index (χ2n) is 7.83. The van der Waals surface area contributed by atoms with Crippen LogP contribution in [0, 0.1) is 6.92 Å². The molecule has 0 aliphatic carbocycles. The van der Waals surface area contributed by atoms with Crippen molar-refractivity contribution in [3.63, 3.8) is 0 Å². The predicted octanol–water partition coefficient (Wildman–Crippen LogP) is 2.89. The van der Waals surface area contributed by atoms with Crippen molar-refractivity contribution in [1.82, 2.24) is 14.5 Å². The molecule has 2 fully saturated rings. The Hall–Kier alpha value is -2.32. The number of hydrogen-bond donors (Lipinski definition) is 1. The second kappa shape index (κ2) is 6.35. The van der Waals surface area contributed by atoms with E-state index in [0.29, 0.717) is 0 Å². The summed E-state index contributed by atoms with van der Waals surface area (Å²) < 4.78 is 20.6. The van der Waals surface area contributed by atoms with Crippen molar-refractivity contribution < 1.29 is 19.3 Å². The van der Waals surface area contributed by atoms with E-state index in [1.165, 1.54) is 0 Å². The molecule has 5 atom stereocenters. The number of aliphatic hydroxyl groups excluding tert-OH is 1. The highest BCUT2D eigenvalue weighted by Crippen LogP contribution is 2.47. The fraction of sp³-hybridized carbons (Fsp3) is 0.429. The van der Waals surface area contributed by atoms with Gasteiger partial charge in [0.25, 0.3) is 0 Å². The molecule has 3 aromatic rings. The summed E-state index contributed by atoms with van der Waals surface area (Å²) in [7, 11) is 0. The van der Waals surface area contributed by atoms with Gasteiger partial charge >= 0.3 is 0 Å². The molecule has 7 nitrogen and oxygen atoms in total. The van der Waals surface area contributed by atoms with E-state index < -0.39 is 30.3 Å². The van der Waals surface area contributed by atoms with E-state index >= 15 is 0 Å². The molecule has 2 aliphatic rings. The third-order valence-electron chi connectivity index (χ3n) is 5.50. The van der Waals surface area contributed by atoms with Crippen molar-refractivity contribution in [1.29, 1.82) is 0 Å². The van der Waals surface area contributed by atoms with Crippen molar-refractivity contribution in [3.05, 3.63) is 60.2 Å². The van der Waals surface area contributed by atoms with Crippen LogP contribution >= 0.6 is 0 Å². The van der Waals surface area contributed by atoms with Gasteiger partial charge in [0.05, 0.1) is 5.69 Å². The summed E-state index contributed by atoms with van der Waals surface area (Å²) >= 11 is 0. The molecule has 1 N–H and O–H groups in total. The van der Waals surface area contributed by atoms with Crippen LogP contribution in [0.3, 0.4) is 0 Å². The molecule has 0 spiro atoms. The largest absolute Gasteiger partial charge is 0.386 e. The first-order valence-corrected chi connectivity index (χ1v) is 9.47. The van der Waals surface area contributed by atoms with Gasteiger partial charge in [-0.2, -0.15) is 0 Å². The van der Waals surface area contributed by atoms with Crippen LogP contribution in [-0.4, -0.2) is 43.7 Å². The third kappa shape index (κ3) is 2.74. The van der Waals surface area contributed by atoms with Gasteiger partial charge in [0.1, 0.15) is 36.4 Å². The molecule has 1 unspecified atom stereocenters. The minimum atomic E-state index is -0.825. The van der Waals surface area contributed by atoms with Gasteiger partial charge in [0, 0.05) is 11.6 Å². The van der Waals surface area contributed by atoms with Crippen LogP contribution in [0.2, 0.25) is 0 Å². The van der Waals surface area contributed by atoms with Gasteiger partial charge < -0.3 is 23.9 Å². The molecule has 0 radical (unpaired) electrons. The molecule has 28 heavy (non-hydrogen) atoms. The first kappa shape index (κ1) is 17.8. The van der Waals surface area contributed by atoms with E-state index in [1.807, 2.05) is 67.9 Å². The molecule has 7 heteroatoms. The van der Waals surface area contributed by atoms with Crippen molar-refractivity contribution in [2.75, 3.05) is 0 Å².